The van der Waals surface area contributed by atoms with Gasteiger partial charge in [0.05, 0.1) is 12.8 Å². The third kappa shape index (κ3) is 2.25. The van der Waals surface area contributed by atoms with Crippen LogP contribution in [0.3, 0.4) is 0 Å². The summed E-state index contributed by atoms with van der Waals surface area (Å²) in [7, 11) is 1.72. The first-order chi connectivity index (χ1) is 7.31. The average Bonchev–Trinajstić information content (AvgIpc) is 2.65. The fourth-order valence-corrected chi connectivity index (χ4v) is 2.32. The lowest BCUT2D eigenvalue weighted by molar-refractivity contribution is 0.415. The molecule has 1 N–H and O–H groups in total. The van der Waals surface area contributed by atoms with E-state index in [2.05, 4.69) is 18.3 Å². The van der Waals surface area contributed by atoms with Crippen molar-refractivity contribution in [2.24, 2.45) is 5.92 Å². The van der Waals surface area contributed by atoms with Crippen LogP contribution in [0.4, 0.5) is 5.69 Å². The molecule has 0 radical (unpaired) electrons. The SMILES string of the molecule is COc1ccccc1N[C@@H]1CCC[C@H]1C. The number of anilines is 1. The number of benzene rings is 1. The Hall–Kier alpha value is -1.18. The van der Waals surface area contributed by atoms with Crippen molar-refractivity contribution < 1.29 is 4.74 Å². The monoisotopic (exact) mass is 205 g/mol. The highest BCUT2D eigenvalue weighted by molar-refractivity contribution is 5.56. The van der Waals surface area contributed by atoms with Gasteiger partial charge in [-0.3, -0.25) is 0 Å². The summed E-state index contributed by atoms with van der Waals surface area (Å²) in [5.41, 5.74) is 1.12. The number of rotatable bonds is 3. The van der Waals surface area contributed by atoms with E-state index in [0.29, 0.717) is 6.04 Å². The van der Waals surface area contributed by atoms with Gasteiger partial charge in [-0.15, -0.1) is 0 Å². The van der Waals surface area contributed by atoms with Crippen LogP contribution in [0.2, 0.25) is 0 Å². The summed E-state index contributed by atoms with van der Waals surface area (Å²) >= 11 is 0. The molecule has 2 heteroatoms. The van der Waals surface area contributed by atoms with E-state index in [1.165, 1.54) is 19.3 Å². The third-order valence-electron chi connectivity index (χ3n) is 3.31. The molecule has 0 aliphatic heterocycles. The number of hydrogen-bond acceptors (Lipinski definition) is 2. The van der Waals surface area contributed by atoms with Gasteiger partial charge in [-0.05, 0) is 30.9 Å². The molecule has 2 nitrogen and oxygen atoms in total. The van der Waals surface area contributed by atoms with Crippen molar-refractivity contribution in [3.05, 3.63) is 24.3 Å². The molecule has 1 aliphatic rings. The van der Waals surface area contributed by atoms with E-state index in [1.807, 2.05) is 18.2 Å². The van der Waals surface area contributed by atoms with E-state index in [0.717, 1.165) is 17.4 Å². The van der Waals surface area contributed by atoms with Gasteiger partial charge < -0.3 is 10.1 Å². The Labute approximate surface area is 91.6 Å². The number of methoxy groups -OCH3 is 1. The second kappa shape index (κ2) is 4.56. The van der Waals surface area contributed by atoms with Crippen molar-refractivity contribution in [1.29, 1.82) is 0 Å². The van der Waals surface area contributed by atoms with Crippen molar-refractivity contribution in [1.82, 2.24) is 0 Å². The van der Waals surface area contributed by atoms with Crippen LogP contribution >= 0.6 is 0 Å². The lowest BCUT2D eigenvalue weighted by atomic mass is 10.1. The highest BCUT2D eigenvalue weighted by Gasteiger charge is 2.23. The molecular weight excluding hydrogens is 186 g/mol. The summed E-state index contributed by atoms with van der Waals surface area (Å²) in [6, 6.07) is 8.75. The lowest BCUT2D eigenvalue weighted by Gasteiger charge is -2.20. The Morgan fingerprint density at radius 2 is 2.07 bits per heavy atom. The fraction of sp³-hybridized carbons (Fsp3) is 0.538. The topological polar surface area (TPSA) is 21.3 Å². The molecule has 0 aromatic heterocycles. The zero-order valence-electron chi connectivity index (χ0n) is 9.49. The van der Waals surface area contributed by atoms with E-state index in [4.69, 9.17) is 4.74 Å². The number of para-hydroxylation sites is 2. The van der Waals surface area contributed by atoms with Gasteiger partial charge in [-0.25, -0.2) is 0 Å². The van der Waals surface area contributed by atoms with Crippen molar-refractivity contribution in [2.75, 3.05) is 12.4 Å². The highest BCUT2D eigenvalue weighted by Crippen LogP contribution is 2.31. The zero-order chi connectivity index (χ0) is 10.7. The summed E-state index contributed by atoms with van der Waals surface area (Å²) in [5, 5.41) is 3.59. The first kappa shape index (κ1) is 10.3. The van der Waals surface area contributed by atoms with Crippen molar-refractivity contribution >= 4 is 5.69 Å². The Balaban J connectivity index is 2.09. The Morgan fingerprint density at radius 1 is 1.27 bits per heavy atom. The van der Waals surface area contributed by atoms with Gasteiger partial charge >= 0.3 is 0 Å². The molecule has 0 heterocycles. The molecule has 1 aromatic rings. The largest absolute Gasteiger partial charge is 0.495 e. The second-order valence-electron chi connectivity index (χ2n) is 4.36. The van der Waals surface area contributed by atoms with Crippen LogP contribution in [0, 0.1) is 5.92 Å². The summed E-state index contributed by atoms with van der Waals surface area (Å²) < 4.78 is 5.33. The number of hydrogen-bond donors (Lipinski definition) is 1. The Bertz CT molecular complexity index is 324. The Kier molecular flexibility index (Phi) is 3.14. The average molecular weight is 205 g/mol. The van der Waals surface area contributed by atoms with Crippen molar-refractivity contribution in [2.45, 2.75) is 32.2 Å². The molecule has 1 fully saturated rings. The summed E-state index contributed by atoms with van der Waals surface area (Å²) in [4.78, 5) is 0. The van der Waals surface area contributed by atoms with Crippen LogP contribution in [-0.2, 0) is 0 Å². The smallest absolute Gasteiger partial charge is 0.141 e. The van der Waals surface area contributed by atoms with Crippen LogP contribution in [0.5, 0.6) is 5.75 Å². The summed E-state index contributed by atoms with van der Waals surface area (Å²) in [5.74, 6) is 1.71. The first-order valence-corrected chi connectivity index (χ1v) is 5.71. The van der Waals surface area contributed by atoms with Gasteiger partial charge in [-0.2, -0.15) is 0 Å². The maximum atomic E-state index is 5.33. The quantitative estimate of drug-likeness (QED) is 0.817. The molecule has 1 aromatic carbocycles. The van der Waals surface area contributed by atoms with Gasteiger partial charge in [-0.1, -0.05) is 25.5 Å². The van der Waals surface area contributed by atoms with E-state index in [9.17, 15) is 0 Å². The molecule has 1 aliphatic carbocycles. The molecule has 0 spiro atoms. The third-order valence-corrected chi connectivity index (χ3v) is 3.31. The van der Waals surface area contributed by atoms with Crippen LogP contribution in [0.1, 0.15) is 26.2 Å². The standard InChI is InChI=1S/C13H19NO/c1-10-6-5-8-11(10)14-12-7-3-4-9-13(12)15-2/h3-4,7,9-11,14H,5-6,8H2,1-2H3/t10-,11-/m1/s1. The van der Waals surface area contributed by atoms with E-state index >= 15 is 0 Å². The molecule has 1 saturated carbocycles. The van der Waals surface area contributed by atoms with E-state index in [1.54, 1.807) is 7.11 Å². The van der Waals surface area contributed by atoms with E-state index in [-0.39, 0.29) is 0 Å². The molecule has 0 unspecified atom stereocenters. The van der Waals surface area contributed by atoms with Crippen molar-refractivity contribution in [3.8, 4) is 5.75 Å². The van der Waals surface area contributed by atoms with Gasteiger partial charge in [0.2, 0.25) is 0 Å². The van der Waals surface area contributed by atoms with Crippen LogP contribution in [0.25, 0.3) is 0 Å². The minimum Gasteiger partial charge on any atom is -0.495 e. The van der Waals surface area contributed by atoms with Gasteiger partial charge in [0.15, 0.2) is 0 Å². The van der Waals surface area contributed by atoms with E-state index < -0.39 is 0 Å². The predicted octanol–water partition coefficient (Wildman–Crippen LogP) is 3.30. The van der Waals surface area contributed by atoms with Gasteiger partial charge in [0.1, 0.15) is 5.75 Å². The summed E-state index contributed by atoms with van der Waals surface area (Å²) in [6.45, 7) is 2.32. The molecule has 0 saturated heterocycles. The first-order valence-electron chi connectivity index (χ1n) is 5.71. The minimum absolute atomic E-state index is 0.612. The molecular formula is C13H19NO. The molecule has 0 amide bonds. The highest BCUT2D eigenvalue weighted by atomic mass is 16.5. The van der Waals surface area contributed by atoms with Gasteiger partial charge in [0, 0.05) is 6.04 Å². The normalized spacial score (nSPS) is 25.2. The maximum absolute atomic E-state index is 5.33. The molecule has 2 atom stereocenters. The van der Waals surface area contributed by atoms with Crippen molar-refractivity contribution in [3.63, 3.8) is 0 Å². The number of ether oxygens (including phenoxy) is 1. The molecule has 15 heavy (non-hydrogen) atoms. The van der Waals surface area contributed by atoms with Crippen LogP contribution < -0.4 is 10.1 Å². The lowest BCUT2D eigenvalue weighted by Crippen LogP contribution is -2.21. The van der Waals surface area contributed by atoms with Gasteiger partial charge in [0.25, 0.3) is 0 Å². The molecule has 0 bridgehead atoms. The molecule has 82 valence electrons. The Morgan fingerprint density at radius 3 is 2.73 bits per heavy atom. The zero-order valence-corrected chi connectivity index (χ0v) is 9.49. The minimum atomic E-state index is 0.612. The fourth-order valence-electron chi connectivity index (χ4n) is 2.32. The maximum Gasteiger partial charge on any atom is 0.141 e. The summed E-state index contributed by atoms with van der Waals surface area (Å²) in [6.07, 6.45) is 3.96. The second-order valence-corrected chi connectivity index (χ2v) is 4.36. The van der Waals surface area contributed by atoms with Crippen LogP contribution in [-0.4, -0.2) is 13.2 Å². The predicted molar refractivity (Wildman–Crippen MR) is 63.4 cm³/mol. The number of nitrogens with one attached hydrogen (secondary N) is 1. The van der Waals surface area contributed by atoms with Crippen LogP contribution in [0.15, 0.2) is 24.3 Å². The molecule has 2 rings (SSSR count).